The molecule has 0 amide bonds. The van der Waals surface area contributed by atoms with Gasteiger partial charge in [0, 0.05) is 0 Å². The van der Waals surface area contributed by atoms with Gasteiger partial charge in [-0.1, -0.05) is 106 Å². The van der Waals surface area contributed by atoms with Gasteiger partial charge in [-0.25, -0.2) is 0 Å². The van der Waals surface area contributed by atoms with E-state index in [2.05, 4.69) is 118 Å². The summed E-state index contributed by atoms with van der Waals surface area (Å²) in [6.45, 7) is 22.0. The van der Waals surface area contributed by atoms with Crippen molar-refractivity contribution in [3.05, 3.63) is 88.5 Å². The van der Waals surface area contributed by atoms with E-state index in [9.17, 15) is 0 Å². The van der Waals surface area contributed by atoms with E-state index >= 15 is 0 Å². The van der Waals surface area contributed by atoms with Crippen LogP contribution >= 0.6 is 8.60 Å². The Hall–Kier alpha value is -2.51. The van der Waals surface area contributed by atoms with Crippen LogP contribution in [0.1, 0.15) is 127 Å². The molecule has 0 aliphatic carbocycles. The van der Waals surface area contributed by atoms with Gasteiger partial charge in [-0.15, -0.1) is 0 Å². The predicted octanol–water partition coefficient (Wildman–Crippen LogP) is 11.1. The topological polar surface area (TPSA) is 27.7 Å². The molecule has 0 bridgehead atoms. The number of hydrogen-bond acceptors (Lipinski definition) is 3. The third-order valence-corrected chi connectivity index (χ3v) is 7.77. The van der Waals surface area contributed by atoms with Gasteiger partial charge < -0.3 is 13.6 Å². The Bertz CT molecular complexity index is 1080. The zero-order valence-electron chi connectivity index (χ0n) is 24.3. The van der Waals surface area contributed by atoms with E-state index in [0.29, 0.717) is 29.6 Å². The summed E-state index contributed by atoms with van der Waals surface area (Å²) < 4.78 is 19.5. The molecule has 0 saturated carbocycles. The Labute approximate surface area is 226 Å². The first-order chi connectivity index (χ1) is 17.5. The Balaban J connectivity index is 1.99. The molecule has 0 aliphatic rings. The number of hydrogen-bond donors (Lipinski definition) is 0. The van der Waals surface area contributed by atoms with Crippen molar-refractivity contribution in [2.75, 3.05) is 0 Å². The van der Waals surface area contributed by atoms with E-state index in [1.165, 1.54) is 27.8 Å². The fourth-order valence-electron chi connectivity index (χ4n) is 4.14. The van der Waals surface area contributed by atoms with Gasteiger partial charge in [0.1, 0.15) is 17.2 Å². The molecule has 0 radical (unpaired) electrons. The highest BCUT2D eigenvalue weighted by atomic mass is 31.2. The van der Waals surface area contributed by atoms with Crippen LogP contribution in [-0.4, -0.2) is 0 Å². The first-order valence-electron chi connectivity index (χ1n) is 13.7. The lowest BCUT2D eigenvalue weighted by Gasteiger charge is -2.23. The summed E-state index contributed by atoms with van der Waals surface area (Å²) in [6.07, 6.45) is 0. The highest BCUT2D eigenvalue weighted by Crippen LogP contribution is 2.46. The van der Waals surface area contributed by atoms with E-state index in [4.69, 9.17) is 13.6 Å². The van der Waals surface area contributed by atoms with Crippen molar-refractivity contribution in [2.45, 2.75) is 98.8 Å². The SMILES string of the molecule is CC(C)c1ccc(OP(Oc2ccc(C(C)C)cc2C(C)C)Oc2ccc(C(C)C)cc2C(C)C)cc1. The molecular formula is C33H45O3P. The fourth-order valence-corrected chi connectivity index (χ4v) is 5.20. The van der Waals surface area contributed by atoms with Crippen molar-refractivity contribution in [1.29, 1.82) is 0 Å². The van der Waals surface area contributed by atoms with Gasteiger partial charge in [-0.2, -0.15) is 0 Å². The maximum atomic E-state index is 6.56. The second-order valence-corrected chi connectivity index (χ2v) is 12.4. The van der Waals surface area contributed by atoms with Crippen LogP contribution in [0.15, 0.2) is 60.7 Å². The molecule has 4 heteroatoms. The van der Waals surface area contributed by atoms with Gasteiger partial charge >= 0.3 is 8.60 Å². The minimum atomic E-state index is -1.75. The molecule has 0 atom stereocenters. The Morgan fingerprint density at radius 3 is 1.16 bits per heavy atom. The summed E-state index contributed by atoms with van der Waals surface area (Å²) in [6, 6.07) is 21.2. The highest BCUT2D eigenvalue weighted by Gasteiger charge is 2.25. The minimum Gasteiger partial charge on any atom is -0.409 e. The molecule has 0 heterocycles. The van der Waals surface area contributed by atoms with E-state index in [-0.39, 0.29) is 0 Å². The normalized spacial score (nSPS) is 11.9. The fraction of sp³-hybridized carbons (Fsp3) is 0.455. The largest absolute Gasteiger partial charge is 0.530 e. The highest BCUT2D eigenvalue weighted by molar-refractivity contribution is 7.43. The molecular weight excluding hydrogens is 475 g/mol. The van der Waals surface area contributed by atoms with Crippen LogP contribution in [0.2, 0.25) is 0 Å². The number of rotatable bonds is 11. The zero-order valence-corrected chi connectivity index (χ0v) is 25.2. The van der Waals surface area contributed by atoms with Gasteiger partial charge in [-0.3, -0.25) is 0 Å². The van der Waals surface area contributed by atoms with Crippen molar-refractivity contribution in [3.63, 3.8) is 0 Å². The summed E-state index contributed by atoms with van der Waals surface area (Å²) in [7, 11) is -1.75. The van der Waals surface area contributed by atoms with Crippen LogP contribution in [0.3, 0.4) is 0 Å². The predicted molar refractivity (Wildman–Crippen MR) is 159 cm³/mol. The molecule has 0 aromatic heterocycles. The lowest BCUT2D eigenvalue weighted by Crippen LogP contribution is -2.07. The van der Waals surface area contributed by atoms with Gasteiger partial charge in [0.25, 0.3) is 0 Å². The number of benzene rings is 3. The molecule has 0 unspecified atom stereocenters. The van der Waals surface area contributed by atoms with E-state index in [0.717, 1.165) is 17.2 Å². The summed E-state index contributed by atoms with van der Waals surface area (Å²) in [5.41, 5.74) is 6.22. The molecule has 200 valence electrons. The molecule has 0 spiro atoms. The van der Waals surface area contributed by atoms with Crippen LogP contribution in [-0.2, 0) is 0 Å². The molecule has 0 saturated heterocycles. The van der Waals surface area contributed by atoms with E-state index in [1.807, 2.05) is 12.1 Å². The van der Waals surface area contributed by atoms with Crippen LogP contribution in [0.25, 0.3) is 0 Å². The average molecular weight is 521 g/mol. The van der Waals surface area contributed by atoms with Crippen LogP contribution in [0.5, 0.6) is 17.2 Å². The third-order valence-electron chi connectivity index (χ3n) is 6.72. The summed E-state index contributed by atoms with van der Waals surface area (Å²) >= 11 is 0. The Morgan fingerprint density at radius 1 is 0.432 bits per heavy atom. The second kappa shape index (κ2) is 12.8. The quantitative estimate of drug-likeness (QED) is 0.235. The molecule has 37 heavy (non-hydrogen) atoms. The molecule has 3 aromatic carbocycles. The minimum absolute atomic E-state index is 0.312. The van der Waals surface area contributed by atoms with E-state index < -0.39 is 8.60 Å². The van der Waals surface area contributed by atoms with Gasteiger partial charge in [0.15, 0.2) is 0 Å². The van der Waals surface area contributed by atoms with Crippen molar-refractivity contribution in [2.24, 2.45) is 0 Å². The first kappa shape index (κ1) is 29.1. The maximum Gasteiger partial charge on any atom is 0.530 e. The monoisotopic (exact) mass is 520 g/mol. The molecule has 0 aliphatic heterocycles. The standard InChI is InChI=1S/C33H45O3P/c1-21(2)26-11-15-29(16-12-26)34-37(35-32-17-13-27(22(3)4)19-30(32)24(7)8)36-33-18-14-28(23(5)6)20-31(33)25(9)10/h11-25H,1-10H3. The van der Waals surface area contributed by atoms with Crippen molar-refractivity contribution < 1.29 is 13.6 Å². The van der Waals surface area contributed by atoms with Gasteiger partial charge in [-0.05, 0) is 81.7 Å². The summed E-state index contributed by atoms with van der Waals surface area (Å²) in [5.74, 6) is 4.36. The second-order valence-electron chi connectivity index (χ2n) is 11.4. The molecule has 0 fully saturated rings. The molecule has 0 N–H and O–H groups in total. The molecule has 3 nitrogen and oxygen atoms in total. The van der Waals surface area contributed by atoms with Gasteiger partial charge in [0.05, 0.1) is 0 Å². The zero-order chi connectivity index (χ0) is 27.3. The first-order valence-corrected chi connectivity index (χ1v) is 14.8. The average Bonchev–Trinajstić information content (AvgIpc) is 2.84. The summed E-state index contributed by atoms with van der Waals surface area (Å²) in [4.78, 5) is 0. The van der Waals surface area contributed by atoms with Crippen molar-refractivity contribution >= 4 is 8.60 Å². The smallest absolute Gasteiger partial charge is 0.409 e. The van der Waals surface area contributed by atoms with Crippen LogP contribution < -0.4 is 13.6 Å². The van der Waals surface area contributed by atoms with Crippen molar-refractivity contribution in [3.8, 4) is 17.2 Å². The Morgan fingerprint density at radius 2 is 0.811 bits per heavy atom. The molecule has 3 rings (SSSR count). The maximum absolute atomic E-state index is 6.56. The lowest BCUT2D eigenvalue weighted by molar-refractivity contribution is 0.383. The molecule has 3 aromatic rings. The van der Waals surface area contributed by atoms with Crippen LogP contribution in [0, 0.1) is 0 Å². The van der Waals surface area contributed by atoms with E-state index in [1.54, 1.807) is 0 Å². The van der Waals surface area contributed by atoms with Gasteiger partial charge in [0.2, 0.25) is 0 Å². The summed E-state index contributed by atoms with van der Waals surface area (Å²) in [5, 5.41) is 0. The van der Waals surface area contributed by atoms with Crippen LogP contribution in [0.4, 0.5) is 0 Å². The third kappa shape index (κ3) is 7.74. The Kier molecular flexibility index (Phi) is 10.1. The lowest BCUT2D eigenvalue weighted by atomic mass is 9.95. The van der Waals surface area contributed by atoms with Crippen molar-refractivity contribution in [1.82, 2.24) is 0 Å².